The van der Waals surface area contributed by atoms with Gasteiger partial charge in [0.25, 0.3) is 0 Å². The lowest BCUT2D eigenvalue weighted by atomic mass is 10.1. The van der Waals surface area contributed by atoms with Crippen molar-refractivity contribution in [1.29, 1.82) is 0 Å². The number of rotatable bonds is 3. The molecule has 2 rings (SSSR count). The monoisotopic (exact) mass is 178 g/mol. The molecular weight excluding hydrogens is 168 g/mol. The number of hydrogen-bond acceptors (Lipinski definition) is 4. The van der Waals surface area contributed by atoms with Gasteiger partial charge in [-0.2, -0.15) is 0 Å². The van der Waals surface area contributed by atoms with Gasteiger partial charge in [0.15, 0.2) is 0 Å². The maximum absolute atomic E-state index is 10.1. The van der Waals surface area contributed by atoms with E-state index in [0.29, 0.717) is 0 Å². The third-order valence-electron chi connectivity index (χ3n) is 2.06. The Bertz CT molecular complexity index is 283. The summed E-state index contributed by atoms with van der Waals surface area (Å²) in [5, 5.41) is 2.71. The molecule has 2 heterocycles. The minimum atomic E-state index is 0.263. The van der Waals surface area contributed by atoms with E-state index in [0.717, 1.165) is 25.3 Å². The Morgan fingerprint density at radius 2 is 2.38 bits per heavy atom. The number of hydrogen-bond donors (Lipinski definition) is 1. The second-order valence-electron chi connectivity index (χ2n) is 2.95. The van der Waals surface area contributed by atoms with E-state index in [1.165, 1.54) is 0 Å². The van der Waals surface area contributed by atoms with Crippen LogP contribution in [0.15, 0.2) is 18.6 Å². The van der Waals surface area contributed by atoms with Crippen LogP contribution in [0.2, 0.25) is 0 Å². The highest BCUT2D eigenvalue weighted by Gasteiger charge is 2.26. The smallest absolute Gasteiger partial charge is 0.207 e. The van der Waals surface area contributed by atoms with E-state index in [1.54, 1.807) is 18.6 Å². The molecule has 1 saturated heterocycles. The zero-order valence-corrected chi connectivity index (χ0v) is 7.05. The van der Waals surface area contributed by atoms with Crippen LogP contribution in [0.1, 0.15) is 0 Å². The summed E-state index contributed by atoms with van der Waals surface area (Å²) in [7, 11) is 0. The van der Waals surface area contributed by atoms with E-state index in [1.807, 2.05) is 0 Å². The molecule has 5 nitrogen and oxygen atoms in total. The molecule has 5 heteroatoms. The van der Waals surface area contributed by atoms with Crippen molar-refractivity contribution < 1.29 is 4.79 Å². The van der Waals surface area contributed by atoms with E-state index in [4.69, 9.17) is 0 Å². The van der Waals surface area contributed by atoms with Crippen molar-refractivity contribution in [2.45, 2.75) is 6.04 Å². The zero-order chi connectivity index (χ0) is 9.10. The Balaban J connectivity index is 1.90. The van der Waals surface area contributed by atoms with E-state index in [9.17, 15) is 4.79 Å². The molecule has 1 amide bonds. The predicted molar refractivity (Wildman–Crippen MR) is 47.2 cm³/mol. The lowest BCUT2D eigenvalue weighted by molar-refractivity contribution is -0.110. The summed E-state index contributed by atoms with van der Waals surface area (Å²) < 4.78 is 0. The van der Waals surface area contributed by atoms with E-state index in [-0.39, 0.29) is 6.04 Å². The maximum Gasteiger partial charge on any atom is 0.207 e. The lowest BCUT2D eigenvalue weighted by Crippen LogP contribution is -2.58. The van der Waals surface area contributed by atoms with Crippen molar-refractivity contribution in [3.63, 3.8) is 0 Å². The van der Waals surface area contributed by atoms with E-state index < -0.39 is 0 Å². The SMILES string of the molecule is O=CNC1CN(c2cnccn2)C1. The molecule has 0 aliphatic carbocycles. The van der Waals surface area contributed by atoms with Gasteiger partial charge in [-0.3, -0.25) is 9.78 Å². The molecular formula is C8H10N4O. The molecule has 0 radical (unpaired) electrons. The molecule has 1 aliphatic heterocycles. The number of anilines is 1. The highest BCUT2D eigenvalue weighted by Crippen LogP contribution is 2.15. The Kier molecular flexibility index (Phi) is 2.08. The predicted octanol–water partition coefficient (Wildman–Crippen LogP) is -0.589. The standard InChI is InChI=1S/C8H10N4O/c13-6-11-7-4-12(5-7)8-3-9-1-2-10-8/h1-3,6-7H,4-5H2,(H,11,13). The van der Waals surface area contributed by atoms with Gasteiger partial charge in [-0.05, 0) is 0 Å². The highest BCUT2D eigenvalue weighted by atomic mass is 16.1. The first-order valence-corrected chi connectivity index (χ1v) is 4.11. The Morgan fingerprint density at radius 3 is 3.00 bits per heavy atom. The first-order chi connectivity index (χ1) is 6.40. The van der Waals surface area contributed by atoms with Gasteiger partial charge in [-0.1, -0.05) is 0 Å². The zero-order valence-electron chi connectivity index (χ0n) is 7.05. The fourth-order valence-electron chi connectivity index (χ4n) is 1.32. The summed E-state index contributed by atoms with van der Waals surface area (Å²) in [5.41, 5.74) is 0. The minimum absolute atomic E-state index is 0.263. The van der Waals surface area contributed by atoms with Gasteiger partial charge >= 0.3 is 0 Å². The lowest BCUT2D eigenvalue weighted by Gasteiger charge is -2.39. The van der Waals surface area contributed by atoms with Gasteiger partial charge in [-0.15, -0.1) is 0 Å². The summed E-state index contributed by atoms with van der Waals surface area (Å²) in [6, 6.07) is 0.263. The summed E-state index contributed by atoms with van der Waals surface area (Å²) in [6.45, 7) is 1.63. The van der Waals surface area contributed by atoms with Crippen molar-refractivity contribution in [3.8, 4) is 0 Å². The quantitative estimate of drug-likeness (QED) is 0.628. The first kappa shape index (κ1) is 7.97. The average molecular weight is 178 g/mol. The van der Waals surface area contributed by atoms with Gasteiger partial charge < -0.3 is 10.2 Å². The van der Waals surface area contributed by atoms with Crippen LogP contribution < -0.4 is 10.2 Å². The van der Waals surface area contributed by atoms with Crippen LogP contribution in [0.4, 0.5) is 5.82 Å². The Labute approximate surface area is 75.8 Å². The molecule has 0 saturated carbocycles. The fraction of sp³-hybridized carbons (Fsp3) is 0.375. The second kappa shape index (κ2) is 3.38. The van der Waals surface area contributed by atoms with Crippen LogP contribution in [-0.4, -0.2) is 35.5 Å². The van der Waals surface area contributed by atoms with Crippen LogP contribution in [-0.2, 0) is 4.79 Å². The molecule has 0 aromatic carbocycles. The maximum atomic E-state index is 10.1. The molecule has 1 aromatic rings. The van der Waals surface area contributed by atoms with Crippen LogP contribution in [0.25, 0.3) is 0 Å². The van der Waals surface area contributed by atoms with Crippen molar-refractivity contribution >= 4 is 12.2 Å². The fourth-order valence-corrected chi connectivity index (χ4v) is 1.32. The molecule has 1 aromatic heterocycles. The van der Waals surface area contributed by atoms with Crippen molar-refractivity contribution in [3.05, 3.63) is 18.6 Å². The molecule has 1 aliphatic rings. The summed E-state index contributed by atoms with van der Waals surface area (Å²) in [6.07, 6.45) is 5.76. The summed E-state index contributed by atoms with van der Waals surface area (Å²) in [5.74, 6) is 0.867. The van der Waals surface area contributed by atoms with Gasteiger partial charge in [0.1, 0.15) is 5.82 Å². The Morgan fingerprint density at radius 1 is 1.54 bits per heavy atom. The number of amides is 1. The largest absolute Gasteiger partial charge is 0.352 e. The summed E-state index contributed by atoms with van der Waals surface area (Å²) in [4.78, 5) is 20.3. The van der Waals surface area contributed by atoms with E-state index in [2.05, 4.69) is 20.2 Å². The number of aromatic nitrogens is 2. The van der Waals surface area contributed by atoms with Crippen molar-refractivity contribution in [1.82, 2.24) is 15.3 Å². The van der Waals surface area contributed by atoms with Crippen molar-refractivity contribution in [2.75, 3.05) is 18.0 Å². The number of nitrogens with zero attached hydrogens (tertiary/aromatic N) is 3. The van der Waals surface area contributed by atoms with Crippen molar-refractivity contribution in [2.24, 2.45) is 0 Å². The molecule has 1 fully saturated rings. The van der Waals surface area contributed by atoms with Gasteiger partial charge in [0.2, 0.25) is 6.41 Å². The normalized spacial score (nSPS) is 16.5. The Hall–Kier alpha value is -1.65. The van der Waals surface area contributed by atoms with Gasteiger partial charge in [0, 0.05) is 25.5 Å². The van der Waals surface area contributed by atoms with Crippen LogP contribution in [0, 0.1) is 0 Å². The molecule has 68 valence electrons. The van der Waals surface area contributed by atoms with E-state index >= 15 is 0 Å². The van der Waals surface area contributed by atoms with Gasteiger partial charge in [0.05, 0.1) is 12.2 Å². The molecule has 0 bridgehead atoms. The number of carbonyl (C=O) groups is 1. The molecule has 0 spiro atoms. The number of nitrogens with one attached hydrogen (secondary N) is 1. The molecule has 13 heavy (non-hydrogen) atoms. The van der Waals surface area contributed by atoms with Crippen LogP contribution in [0.5, 0.6) is 0 Å². The highest BCUT2D eigenvalue weighted by molar-refractivity contribution is 5.49. The average Bonchev–Trinajstić information content (AvgIpc) is 2.12. The van der Waals surface area contributed by atoms with Crippen LogP contribution in [0.3, 0.4) is 0 Å². The summed E-state index contributed by atoms with van der Waals surface area (Å²) >= 11 is 0. The molecule has 0 unspecified atom stereocenters. The minimum Gasteiger partial charge on any atom is -0.352 e. The topological polar surface area (TPSA) is 58.1 Å². The third kappa shape index (κ3) is 1.58. The molecule has 1 N–H and O–H groups in total. The van der Waals surface area contributed by atoms with Crippen LogP contribution >= 0.6 is 0 Å². The number of carbonyl (C=O) groups excluding carboxylic acids is 1. The first-order valence-electron chi connectivity index (χ1n) is 4.11. The molecule has 0 atom stereocenters. The van der Waals surface area contributed by atoms with Gasteiger partial charge in [-0.25, -0.2) is 4.98 Å². The second-order valence-corrected chi connectivity index (χ2v) is 2.95. The third-order valence-corrected chi connectivity index (χ3v) is 2.06.